The lowest BCUT2D eigenvalue weighted by Gasteiger charge is -2.28. The lowest BCUT2D eigenvalue weighted by molar-refractivity contribution is -0.155. The minimum atomic E-state index is -4.62. The molecule has 3 heterocycles. The Bertz CT molecular complexity index is 1410. The normalized spacial score (nSPS) is 27.2. The standard InChI is InChI=1S/C26H25FO11S/c1-26(2,14-6-4-3-5-7-14)38-16-12-13(8-9-15(16)27)23(28)36-21-19-17(24(29)34-10-11-39(31,32)33)18-20(35-19)22(21)37-25(18)30/h3-9,12,17-22H,10-11H2,1-2H3,(H,31,32,33)/p-1. The first-order valence-electron chi connectivity index (χ1n) is 12.1. The van der Waals surface area contributed by atoms with E-state index in [4.69, 9.17) is 23.7 Å². The summed E-state index contributed by atoms with van der Waals surface area (Å²) in [6, 6.07) is 12.6. The van der Waals surface area contributed by atoms with Crippen LogP contribution in [0.5, 0.6) is 5.75 Å². The quantitative estimate of drug-likeness (QED) is 0.249. The molecule has 2 bridgehead atoms. The van der Waals surface area contributed by atoms with E-state index in [1.54, 1.807) is 13.8 Å². The Labute approximate surface area is 222 Å². The molecule has 13 heteroatoms. The highest BCUT2D eigenvalue weighted by Gasteiger charge is 2.72. The van der Waals surface area contributed by atoms with Gasteiger partial charge in [-0.1, -0.05) is 30.3 Å². The zero-order valence-electron chi connectivity index (χ0n) is 20.8. The van der Waals surface area contributed by atoms with Crippen LogP contribution in [0.15, 0.2) is 48.5 Å². The maximum Gasteiger partial charge on any atom is 0.338 e. The van der Waals surface area contributed by atoms with Crippen LogP contribution < -0.4 is 4.74 Å². The number of ether oxygens (including phenoxy) is 5. The molecule has 0 aliphatic carbocycles. The van der Waals surface area contributed by atoms with Gasteiger partial charge in [-0.15, -0.1) is 0 Å². The Balaban J connectivity index is 1.31. The van der Waals surface area contributed by atoms with Gasteiger partial charge < -0.3 is 28.2 Å². The summed E-state index contributed by atoms with van der Waals surface area (Å²) in [6.45, 7) is 2.79. The molecule has 3 fully saturated rings. The summed E-state index contributed by atoms with van der Waals surface area (Å²) >= 11 is 0. The predicted molar refractivity (Wildman–Crippen MR) is 127 cm³/mol. The van der Waals surface area contributed by atoms with Crippen molar-refractivity contribution in [1.29, 1.82) is 0 Å². The maximum absolute atomic E-state index is 14.6. The molecule has 0 aromatic heterocycles. The molecule has 208 valence electrons. The number of rotatable bonds is 9. The third-order valence-corrected chi connectivity index (χ3v) is 7.67. The minimum absolute atomic E-state index is 0.0568. The first-order valence-corrected chi connectivity index (χ1v) is 13.6. The number of hydrogen-bond acceptors (Lipinski definition) is 11. The zero-order chi connectivity index (χ0) is 28.1. The average Bonchev–Trinajstić information content (AvgIpc) is 3.49. The van der Waals surface area contributed by atoms with E-state index < -0.39 is 88.1 Å². The van der Waals surface area contributed by atoms with Crippen molar-refractivity contribution in [2.45, 2.75) is 43.9 Å². The van der Waals surface area contributed by atoms with E-state index in [1.807, 2.05) is 30.3 Å². The molecular formula is C26H24FO11S-. The summed E-state index contributed by atoms with van der Waals surface area (Å²) in [5.74, 6) is -6.70. The molecule has 0 radical (unpaired) electrons. The van der Waals surface area contributed by atoms with E-state index in [0.717, 1.165) is 11.6 Å². The molecule has 0 N–H and O–H groups in total. The van der Waals surface area contributed by atoms with Gasteiger partial charge in [0.1, 0.15) is 36.3 Å². The van der Waals surface area contributed by atoms with Gasteiger partial charge in [-0.05, 0) is 37.6 Å². The van der Waals surface area contributed by atoms with Crippen LogP contribution in [0.2, 0.25) is 0 Å². The number of carbonyl (C=O) groups is 3. The van der Waals surface area contributed by atoms with Gasteiger partial charge in [-0.3, -0.25) is 9.59 Å². The number of hydrogen-bond donors (Lipinski definition) is 0. The Morgan fingerprint density at radius 3 is 2.49 bits per heavy atom. The molecule has 0 saturated carbocycles. The third-order valence-electron chi connectivity index (χ3n) is 7.00. The van der Waals surface area contributed by atoms with Crippen LogP contribution in [0.3, 0.4) is 0 Å². The van der Waals surface area contributed by atoms with Gasteiger partial charge in [0.05, 0.1) is 21.4 Å². The minimum Gasteiger partial charge on any atom is -0.748 e. The van der Waals surface area contributed by atoms with E-state index in [-0.39, 0.29) is 11.3 Å². The monoisotopic (exact) mass is 563 g/mol. The first-order chi connectivity index (χ1) is 18.4. The van der Waals surface area contributed by atoms with Gasteiger partial charge in [0, 0.05) is 0 Å². The van der Waals surface area contributed by atoms with Crippen molar-refractivity contribution in [3.05, 3.63) is 65.5 Å². The van der Waals surface area contributed by atoms with E-state index in [9.17, 15) is 31.7 Å². The summed E-state index contributed by atoms with van der Waals surface area (Å²) in [5.41, 5.74) is -0.214. The summed E-state index contributed by atoms with van der Waals surface area (Å²) in [6.07, 6.45) is -4.12. The fraction of sp³-hybridized carbons (Fsp3) is 0.423. The van der Waals surface area contributed by atoms with Gasteiger partial charge in [-0.25, -0.2) is 17.6 Å². The second kappa shape index (κ2) is 9.88. The predicted octanol–water partition coefficient (Wildman–Crippen LogP) is 1.69. The van der Waals surface area contributed by atoms with Crippen molar-refractivity contribution in [1.82, 2.24) is 0 Å². The number of carbonyl (C=O) groups excluding carboxylic acids is 3. The smallest absolute Gasteiger partial charge is 0.338 e. The van der Waals surface area contributed by atoms with Crippen LogP contribution in [0.25, 0.3) is 0 Å². The lowest BCUT2D eigenvalue weighted by Crippen LogP contribution is -2.48. The van der Waals surface area contributed by atoms with Crippen molar-refractivity contribution in [3.8, 4) is 5.75 Å². The Kier molecular flexibility index (Phi) is 6.85. The molecular weight excluding hydrogens is 539 g/mol. The van der Waals surface area contributed by atoms with Crippen LogP contribution in [0.1, 0.15) is 29.8 Å². The molecule has 0 amide bonds. The number of fused-ring (bicyclic) bond motifs is 1. The molecule has 3 aliphatic rings. The highest BCUT2D eigenvalue weighted by atomic mass is 32.2. The summed E-state index contributed by atoms with van der Waals surface area (Å²) in [7, 11) is -4.62. The number of esters is 3. The third kappa shape index (κ3) is 5.21. The van der Waals surface area contributed by atoms with Crippen LogP contribution in [-0.4, -0.2) is 67.7 Å². The Hall–Kier alpha value is -3.55. The maximum atomic E-state index is 14.6. The fourth-order valence-electron chi connectivity index (χ4n) is 5.15. The lowest BCUT2D eigenvalue weighted by atomic mass is 9.78. The fourth-order valence-corrected chi connectivity index (χ4v) is 5.44. The van der Waals surface area contributed by atoms with E-state index in [2.05, 4.69) is 0 Å². The molecule has 3 saturated heterocycles. The SMILES string of the molecule is CC(C)(Oc1cc(C(=O)OC2C3OC(=O)C4C3OC2C4C(=O)OCCS(=O)(=O)[O-])ccc1F)c1ccccc1. The molecule has 3 aliphatic heterocycles. The number of benzene rings is 2. The van der Waals surface area contributed by atoms with Crippen LogP contribution in [0.4, 0.5) is 4.39 Å². The van der Waals surface area contributed by atoms with Gasteiger partial charge in [-0.2, -0.15) is 0 Å². The molecule has 11 nitrogen and oxygen atoms in total. The van der Waals surface area contributed by atoms with Crippen LogP contribution in [-0.2, 0) is 44.3 Å². The molecule has 0 spiro atoms. The van der Waals surface area contributed by atoms with Crippen LogP contribution >= 0.6 is 0 Å². The second-order valence-electron chi connectivity index (χ2n) is 9.94. The summed E-state index contributed by atoms with van der Waals surface area (Å²) in [5, 5.41) is 0. The highest BCUT2D eigenvalue weighted by molar-refractivity contribution is 7.85. The van der Waals surface area contributed by atoms with Gasteiger partial charge in [0.2, 0.25) is 0 Å². The van der Waals surface area contributed by atoms with Crippen molar-refractivity contribution in [2.75, 3.05) is 12.4 Å². The van der Waals surface area contributed by atoms with Crippen molar-refractivity contribution in [3.63, 3.8) is 0 Å². The van der Waals surface area contributed by atoms with Crippen molar-refractivity contribution in [2.24, 2.45) is 11.8 Å². The van der Waals surface area contributed by atoms with Gasteiger partial charge >= 0.3 is 17.9 Å². The zero-order valence-corrected chi connectivity index (χ0v) is 21.6. The first kappa shape index (κ1) is 27.0. The molecule has 2 aromatic rings. The largest absolute Gasteiger partial charge is 0.748 e. The highest BCUT2D eigenvalue weighted by Crippen LogP contribution is 2.51. The van der Waals surface area contributed by atoms with E-state index >= 15 is 0 Å². The second-order valence-corrected chi connectivity index (χ2v) is 11.5. The van der Waals surface area contributed by atoms with E-state index in [0.29, 0.717) is 0 Å². The molecule has 6 atom stereocenters. The topological polar surface area (TPSA) is 155 Å². The van der Waals surface area contributed by atoms with Gasteiger partial charge in [0.25, 0.3) is 0 Å². The van der Waals surface area contributed by atoms with Crippen LogP contribution in [0, 0.1) is 17.7 Å². The average molecular weight is 564 g/mol. The van der Waals surface area contributed by atoms with E-state index in [1.165, 1.54) is 12.1 Å². The molecule has 6 unspecified atom stereocenters. The van der Waals surface area contributed by atoms with Crippen molar-refractivity contribution >= 4 is 28.0 Å². The Morgan fingerprint density at radius 2 is 1.79 bits per heavy atom. The molecule has 2 aromatic carbocycles. The van der Waals surface area contributed by atoms with Crippen molar-refractivity contribution < 1.29 is 55.4 Å². The van der Waals surface area contributed by atoms with Gasteiger partial charge in [0.15, 0.2) is 23.8 Å². The summed E-state index contributed by atoms with van der Waals surface area (Å²) in [4.78, 5) is 38.2. The molecule has 5 rings (SSSR count). The molecule has 39 heavy (non-hydrogen) atoms. The summed E-state index contributed by atoms with van der Waals surface area (Å²) < 4.78 is 74.5. The number of halogens is 1. The Morgan fingerprint density at radius 1 is 1.08 bits per heavy atom.